The van der Waals surface area contributed by atoms with Gasteiger partial charge in [-0.3, -0.25) is 14.5 Å². The number of carbonyl (C=O) groups excluding carboxylic acids is 1. The average Bonchev–Trinajstić information content (AvgIpc) is 3.14. The highest BCUT2D eigenvalue weighted by molar-refractivity contribution is 5.76. The van der Waals surface area contributed by atoms with Gasteiger partial charge in [0.2, 0.25) is 5.91 Å². The minimum atomic E-state index is -0.749. The molecule has 2 N–H and O–H groups in total. The summed E-state index contributed by atoms with van der Waals surface area (Å²) in [6, 6.07) is 0.555. The minimum Gasteiger partial charge on any atom is -0.480 e. The molecule has 2 aliphatic carbocycles. The molecule has 0 aromatic heterocycles. The van der Waals surface area contributed by atoms with E-state index in [0.717, 1.165) is 25.8 Å². The number of rotatable bonds is 10. The zero-order valence-corrected chi connectivity index (χ0v) is 14.8. The maximum absolute atomic E-state index is 12.1. The Balaban J connectivity index is 1.67. The zero-order chi connectivity index (χ0) is 17.0. The first kappa shape index (κ1) is 18.2. The molecule has 0 heterocycles. The Morgan fingerprint density at radius 3 is 2.39 bits per heavy atom. The summed E-state index contributed by atoms with van der Waals surface area (Å²) in [6.45, 7) is 7.54. The highest BCUT2D eigenvalue weighted by Gasteiger charge is 2.37. The molecule has 5 heteroatoms. The first-order valence-electron chi connectivity index (χ1n) is 9.08. The second-order valence-electron chi connectivity index (χ2n) is 8.10. The van der Waals surface area contributed by atoms with E-state index in [9.17, 15) is 9.59 Å². The minimum absolute atomic E-state index is 0.132. The summed E-state index contributed by atoms with van der Waals surface area (Å²) in [4.78, 5) is 25.2. The number of hydrogen-bond acceptors (Lipinski definition) is 3. The van der Waals surface area contributed by atoms with Gasteiger partial charge in [-0.05, 0) is 49.9 Å². The van der Waals surface area contributed by atoms with Crippen LogP contribution >= 0.6 is 0 Å². The maximum Gasteiger partial charge on any atom is 0.317 e. The van der Waals surface area contributed by atoms with Crippen LogP contribution in [0.5, 0.6) is 0 Å². The Morgan fingerprint density at radius 2 is 1.87 bits per heavy atom. The van der Waals surface area contributed by atoms with Crippen molar-refractivity contribution in [3.63, 3.8) is 0 Å². The molecule has 2 saturated carbocycles. The van der Waals surface area contributed by atoms with Crippen LogP contribution in [0.3, 0.4) is 0 Å². The van der Waals surface area contributed by atoms with Gasteiger partial charge in [-0.2, -0.15) is 0 Å². The second kappa shape index (κ2) is 8.13. The van der Waals surface area contributed by atoms with Crippen molar-refractivity contribution in [1.29, 1.82) is 0 Å². The summed E-state index contributed by atoms with van der Waals surface area (Å²) < 4.78 is 0. The summed E-state index contributed by atoms with van der Waals surface area (Å²) >= 11 is 0. The largest absolute Gasteiger partial charge is 0.480 e. The zero-order valence-electron chi connectivity index (χ0n) is 14.8. The van der Waals surface area contributed by atoms with Gasteiger partial charge in [-0.15, -0.1) is 0 Å². The molecule has 1 unspecified atom stereocenters. The van der Waals surface area contributed by atoms with Gasteiger partial charge in [-0.25, -0.2) is 0 Å². The summed E-state index contributed by atoms with van der Waals surface area (Å²) in [6.07, 6.45) is 5.93. The van der Waals surface area contributed by atoms with E-state index in [0.29, 0.717) is 30.2 Å². The summed E-state index contributed by atoms with van der Waals surface area (Å²) in [5, 5.41) is 12.2. The Bertz CT molecular complexity index is 414. The molecule has 0 spiro atoms. The van der Waals surface area contributed by atoms with Crippen molar-refractivity contribution in [1.82, 2.24) is 10.2 Å². The van der Waals surface area contributed by atoms with E-state index in [1.807, 2.05) is 0 Å². The Morgan fingerprint density at radius 1 is 1.22 bits per heavy atom. The van der Waals surface area contributed by atoms with Crippen LogP contribution in [0, 0.1) is 17.8 Å². The number of nitrogens with one attached hydrogen (secondary N) is 1. The van der Waals surface area contributed by atoms with Crippen LogP contribution in [0.15, 0.2) is 0 Å². The smallest absolute Gasteiger partial charge is 0.317 e. The van der Waals surface area contributed by atoms with Crippen LogP contribution in [0.2, 0.25) is 0 Å². The van der Waals surface area contributed by atoms with Crippen LogP contribution in [-0.4, -0.2) is 47.1 Å². The highest BCUT2D eigenvalue weighted by atomic mass is 16.4. The third kappa shape index (κ3) is 6.50. The molecular formula is C18H32N2O3. The number of carboxylic acid groups (broad SMARTS) is 1. The molecule has 0 aliphatic heterocycles. The van der Waals surface area contributed by atoms with E-state index in [4.69, 9.17) is 5.11 Å². The summed E-state index contributed by atoms with van der Waals surface area (Å²) in [7, 11) is 0. The number of aliphatic carboxylic acids is 1. The fraction of sp³-hybridized carbons (Fsp3) is 0.889. The van der Waals surface area contributed by atoms with Crippen molar-refractivity contribution in [2.24, 2.45) is 17.8 Å². The summed E-state index contributed by atoms with van der Waals surface area (Å²) in [5.74, 6) is 1.14. The van der Waals surface area contributed by atoms with Crippen molar-refractivity contribution in [3.8, 4) is 0 Å². The third-order valence-electron chi connectivity index (χ3n) is 4.93. The Kier molecular flexibility index (Phi) is 6.45. The van der Waals surface area contributed by atoms with Gasteiger partial charge >= 0.3 is 5.97 Å². The molecule has 1 atom stereocenters. The molecular weight excluding hydrogens is 292 g/mol. The Hall–Kier alpha value is -1.10. The molecule has 0 bridgehead atoms. The second-order valence-corrected chi connectivity index (χ2v) is 8.10. The van der Waals surface area contributed by atoms with Crippen molar-refractivity contribution in [2.75, 3.05) is 13.1 Å². The van der Waals surface area contributed by atoms with E-state index in [2.05, 4.69) is 31.0 Å². The lowest BCUT2D eigenvalue weighted by Crippen LogP contribution is -2.55. The van der Waals surface area contributed by atoms with E-state index in [1.165, 1.54) is 12.8 Å². The lowest BCUT2D eigenvalue weighted by atomic mass is 9.84. The predicted octanol–water partition coefficient (Wildman–Crippen LogP) is 2.50. The van der Waals surface area contributed by atoms with Crippen LogP contribution in [-0.2, 0) is 9.59 Å². The standard InChI is InChI=1S/C18H32N2O3/c1-12(2)6-13(3)7-17(21)19-15-8-16(9-15)20(11-18(22)23)10-14-4-5-14/h12-16H,4-11H2,1-3H3,(H,19,21)(H,22,23). The number of amides is 1. The molecule has 0 saturated heterocycles. The summed E-state index contributed by atoms with van der Waals surface area (Å²) in [5.41, 5.74) is 0. The first-order valence-corrected chi connectivity index (χ1v) is 9.08. The van der Waals surface area contributed by atoms with Gasteiger partial charge in [0.1, 0.15) is 0 Å². The van der Waals surface area contributed by atoms with Gasteiger partial charge in [0.05, 0.1) is 6.54 Å². The van der Waals surface area contributed by atoms with Crippen molar-refractivity contribution < 1.29 is 14.7 Å². The molecule has 5 nitrogen and oxygen atoms in total. The molecule has 2 aliphatic rings. The topological polar surface area (TPSA) is 69.6 Å². The van der Waals surface area contributed by atoms with Gasteiger partial charge < -0.3 is 10.4 Å². The van der Waals surface area contributed by atoms with Crippen LogP contribution < -0.4 is 5.32 Å². The SMILES string of the molecule is CC(C)CC(C)CC(=O)NC1CC(N(CC(=O)O)CC2CC2)C1. The molecule has 2 fully saturated rings. The average molecular weight is 324 g/mol. The lowest BCUT2D eigenvalue weighted by Gasteiger charge is -2.42. The van der Waals surface area contributed by atoms with Gasteiger partial charge in [0, 0.05) is 25.0 Å². The van der Waals surface area contributed by atoms with Crippen molar-refractivity contribution >= 4 is 11.9 Å². The van der Waals surface area contributed by atoms with E-state index in [1.54, 1.807) is 0 Å². The molecule has 1 amide bonds. The van der Waals surface area contributed by atoms with Gasteiger partial charge in [0.25, 0.3) is 0 Å². The molecule has 132 valence electrons. The lowest BCUT2D eigenvalue weighted by molar-refractivity contribution is -0.140. The van der Waals surface area contributed by atoms with E-state index >= 15 is 0 Å². The van der Waals surface area contributed by atoms with Crippen LogP contribution in [0.4, 0.5) is 0 Å². The predicted molar refractivity (Wildman–Crippen MR) is 90.1 cm³/mol. The number of carboxylic acids is 1. The van der Waals surface area contributed by atoms with Gasteiger partial charge in [-0.1, -0.05) is 20.8 Å². The Labute approximate surface area is 139 Å². The fourth-order valence-electron chi connectivity index (χ4n) is 3.64. The van der Waals surface area contributed by atoms with Gasteiger partial charge in [0.15, 0.2) is 0 Å². The number of nitrogens with zero attached hydrogens (tertiary/aromatic N) is 1. The van der Waals surface area contributed by atoms with E-state index in [-0.39, 0.29) is 18.5 Å². The molecule has 0 aromatic rings. The number of hydrogen-bond donors (Lipinski definition) is 2. The highest BCUT2D eigenvalue weighted by Crippen LogP contribution is 2.33. The van der Waals surface area contributed by atoms with Crippen molar-refractivity contribution in [3.05, 3.63) is 0 Å². The van der Waals surface area contributed by atoms with E-state index < -0.39 is 5.97 Å². The molecule has 0 aromatic carbocycles. The monoisotopic (exact) mass is 324 g/mol. The quantitative estimate of drug-likeness (QED) is 0.648. The molecule has 23 heavy (non-hydrogen) atoms. The fourth-order valence-corrected chi connectivity index (χ4v) is 3.64. The third-order valence-corrected chi connectivity index (χ3v) is 4.93. The molecule has 2 rings (SSSR count). The normalized spacial score (nSPS) is 25.3. The van der Waals surface area contributed by atoms with Crippen molar-refractivity contribution in [2.45, 2.75) is 71.4 Å². The maximum atomic E-state index is 12.1. The van der Waals surface area contributed by atoms with Crippen LogP contribution in [0.1, 0.15) is 59.3 Å². The molecule has 0 radical (unpaired) electrons. The number of carbonyl (C=O) groups is 2. The van der Waals surface area contributed by atoms with Crippen LogP contribution in [0.25, 0.3) is 0 Å². The first-order chi connectivity index (χ1) is 10.8.